The summed E-state index contributed by atoms with van der Waals surface area (Å²) in [5.74, 6) is -0.790. The zero-order valence-electron chi connectivity index (χ0n) is 21.4. The van der Waals surface area contributed by atoms with Crippen LogP contribution in [0, 0.1) is 6.92 Å². The van der Waals surface area contributed by atoms with Gasteiger partial charge in [0, 0.05) is 26.1 Å². The summed E-state index contributed by atoms with van der Waals surface area (Å²) in [6, 6.07) is 16.3. The molecule has 2 aromatic heterocycles. The number of pyridine rings is 1. The van der Waals surface area contributed by atoms with Gasteiger partial charge in [-0.3, -0.25) is 14.3 Å². The van der Waals surface area contributed by atoms with Crippen molar-refractivity contribution in [3.05, 3.63) is 100 Å². The molecule has 10 heteroatoms. The lowest BCUT2D eigenvalue weighted by molar-refractivity contribution is 0.116. The standard InChI is InChI=1S/C28H29N3O6S/c1-4-37-18-25-30-27(32)26(28(33)31(25)24(17-36-3)21-8-6-5-7-9-21)38(34,35)22-12-10-20(11-13-22)23-14-15-29-16-19(23)2/h5-16,24,32H,4,17-18H2,1-3H3/t24-/m0/s1. The molecule has 0 aliphatic heterocycles. The molecular formula is C28H29N3O6S. The van der Waals surface area contributed by atoms with E-state index in [0.29, 0.717) is 12.2 Å². The Morgan fingerprint density at radius 2 is 1.76 bits per heavy atom. The molecule has 4 rings (SSSR count). The van der Waals surface area contributed by atoms with Gasteiger partial charge in [0.1, 0.15) is 12.4 Å². The van der Waals surface area contributed by atoms with Gasteiger partial charge >= 0.3 is 0 Å². The molecule has 2 aromatic carbocycles. The van der Waals surface area contributed by atoms with E-state index in [1.807, 2.05) is 31.2 Å². The monoisotopic (exact) mass is 535 g/mol. The summed E-state index contributed by atoms with van der Waals surface area (Å²) in [6.45, 7) is 3.98. The van der Waals surface area contributed by atoms with E-state index in [0.717, 1.165) is 16.7 Å². The van der Waals surface area contributed by atoms with Crippen molar-refractivity contribution in [2.24, 2.45) is 0 Å². The van der Waals surface area contributed by atoms with Gasteiger partial charge in [0.2, 0.25) is 15.7 Å². The minimum absolute atomic E-state index is 0.0645. The predicted molar refractivity (Wildman–Crippen MR) is 142 cm³/mol. The Morgan fingerprint density at radius 3 is 2.39 bits per heavy atom. The van der Waals surface area contributed by atoms with E-state index in [-0.39, 0.29) is 23.9 Å². The molecule has 2 heterocycles. The molecule has 0 aliphatic rings. The van der Waals surface area contributed by atoms with Crippen LogP contribution in [0.1, 0.15) is 29.9 Å². The third kappa shape index (κ3) is 5.38. The lowest BCUT2D eigenvalue weighted by Gasteiger charge is -2.23. The first kappa shape index (κ1) is 27.2. The van der Waals surface area contributed by atoms with Crippen LogP contribution in [0.15, 0.2) is 87.6 Å². The van der Waals surface area contributed by atoms with Crippen molar-refractivity contribution in [2.75, 3.05) is 20.3 Å². The first-order valence-corrected chi connectivity index (χ1v) is 13.5. The van der Waals surface area contributed by atoms with Crippen LogP contribution in [0.2, 0.25) is 0 Å². The third-order valence-corrected chi connectivity index (χ3v) is 7.94. The van der Waals surface area contributed by atoms with Crippen LogP contribution >= 0.6 is 0 Å². The number of aromatic hydroxyl groups is 1. The Labute approximate surface area is 221 Å². The number of ether oxygens (including phenoxy) is 2. The van der Waals surface area contributed by atoms with Crippen LogP contribution in [-0.4, -0.2) is 48.4 Å². The number of benzene rings is 2. The number of nitrogens with zero attached hydrogens (tertiary/aromatic N) is 3. The van der Waals surface area contributed by atoms with E-state index in [1.165, 1.54) is 23.8 Å². The molecule has 0 fully saturated rings. The predicted octanol–water partition coefficient (Wildman–Crippen LogP) is 3.92. The Hall–Kier alpha value is -3.86. The first-order valence-electron chi connectivity index (χ1n) is 12.0. The van der Waals surface area contributed by atoms with Gasteiger partial charge in [-0.1, -0.05) is 42.5 Å². The summed E-state index contributed by atoms with van der Waals surface area (Å²) >= 11 is 0. The van der Waals surface area contributed by atoms with Crippen LogP contribution in [0.25, 0.3) is 11.1 Å². The van der Waals surface area contributed by atoms with Crippen LogP contribution in [0.5, 0.6) is 5.88 Å². The highest BCUT2D eigenvalue weighted by Gasteiger charge is 2.32. The average molecular weight is 536 g/mol. The second kappa shape index (κ2) is 11.7. The number of sulfone groups is 1. The van der Waals surface area contributed by atoms with Crippen LogP contribution in [-0.2, 0) is 25.9 Å². The highest BCUT2D eigenvalue weighted by molar-refractivity contribution is 7.91. The van der Waals surface area contributed by atoms with Crippen molar-refractivity contribution < 1.29 is 23.0 Å². The zero-order valence-corrected chi connectivity index (χ0v) is 22.2. The largest absolute Gasteiger partial charge is 0.492 e. The summed E-state index contributed by atoms with van der Waals surface area (Å²) in [4.78, 5) is 21.1. The summed E-state index contributed by atoms with van der Waals surface area (Å²) in [5.41, 5.74) is 2.43. The van der Waals surface area contributed by atoms with Gasteiger partial charge in [-0.15, -0.1) is 0 Å². The molecular weight excluding hydrogens is 506 g/mol. The maximum absolute atomic E-state index is 13.9. The fourth-order valence-corrected chi connectivity index (χ4v) is 5.63. The van der Waals surface area contributed by atoms with Gasteiger partial charge in [0.15, 0.2) is 4.90 Å². The molecule has 0 spiro atoms. The minimum atomic E-state index is -4.44. The van der Waals surface area contributed by atoms with Crippen molar-refractivity contribution >= 4 is 9.84 Å². The Bertz CT molecular complexity index is 1570. The normalized spacial score (nSPS) is 12.4. The van der Waals surface area contributed by atoms with Gasteiger partial charge in [-0.25, -0.2) is 8.42 Å². The van der Waals surface area contributed by atoms with Crippen LogP contribution in [0.3, 0.4) is 0 Å². The van der Waals surface area contributed by atoms with E-state index in [2.05, 4.69) is 9.97 Å². The molecule has 198 valence electrons. The highest BCUT2D eigenvalue weighted by atomic mass is 32.2. The van der Waals surface area contributed by atoms with Gasteiger partial charge in [0.25, 0.3) is 5.56 Å². The average Bonchev–Trinajstić information content (AvgIpc) is 2.91. The molecule has 1 atom stereocenters. The molecule has 4 aromatic rings. The van der Waals surface area contributed by atoms with Crippen molar-refractivity contribution in [3.63, 3.8) is 0 Å². The maximum atomic E-state index is 13.9. The Balaban J connectivity index is 1.87. The number of aromatic nitrogens is 3. The second-order valence-electron chi connectivity index (χ2n) is 8.59. The molecule has 0 bridgehead atoms. The summed E-state index contributed by atoms with van der Waals surface area (Å²) in [5, 5.41) is 10.7. The van der Waals surface area contributed by atoms with Gasteiger partial charge < -0.3 is 14.6 Å². The number of aryl methyl sites for hydroxylation is 1. The number of hydrogen-bond acceptors (Lipinski definition) is 8. The Kier molecular flexibility index (Phi) is 8.35. The molecule has 0 radical (unpaired) electrons. The summed E-state index contributed by atoms with van der Waals surface area (Å²) in [7, 11) is -2.95. The maximum Gasteiger partial charge on any atom is 0.277 e. The number of hydrogen-bond donors (Lipinski definition) is 1. The lowest BCUT2D eigenvalue weighted by atomic mass is 10.0. The lowest BCUT2D eigenvalue weighted by Crippen LogP contribution is -2.35. The number of methoxy groups -OCH3 is 1. The summed E-state index contributed by atoms with van der Waals surface area (Å²) in [6.07, 6.45) is 3.38. The van der Waals surface area contributed by atoms with Gasteiger partial charge in [-0.05, 0) is 54.3 Å². The molecule has 0 aliphatic carbocycles. The Morgan fingerprint density at radius 1 is 1.05 bits per heavy atom. The van der Waals surface area contributed by atoms with E-state index in [1.54, 1.807) is 43.6 Å². The third-order valence-electron chi connectivity index (χ3n) is 6.15. The molecule has 0 amide bonds. The van der Waals surface area contributed by atoms with Crippen molar-refractivity contribution in [3.8, 4) is 17.0 Å². The molecule has 0 unspecified atom stereocenters. The summed E-state index contributed by atoms with van der Waals surface area (Å²) < 4.78 is 39.5. The van der Waals surface area contributed by atoms with E-state index in [4.69, 9.17) is 9.47 Å². The highest BCUT2D eigenvalue weighted by Crippen LogP contribution is 2.30. The van der Waals surface area contributed by atoms with Crippen molar-refractivity contribution in [1.29, 1.82) is 0 Å². The zero-order chi connectivity index (χ0) is 27.3. The fourth-order valence-electron chi connectivity index (χ4n) is 4.28. The van der Waals surface area contributed by atoms with E-state index in [9.17, 15) is 18.3 Å². The van der Waals surface area contributed by atoms with Gasteiger partial charge in [0.05, 0.1) is 17.5 Å². The number of rotatable bonds is 10. The minimum Gasteiger partial charge on any atom is -0.492 e. The van der Waals surface area contributed by atoms with Gasteiger partial charge in [-0.2, -0.15) is 4.98 Å². The SMILES string of the molecule is CCOCc1nc(O)c(S(=O)(=O)c2ccc(-c3ccncc3C)cc2)c(=O)n1[C@@H](COC)c1ccccc1. The first-order chi connectivity index (χ1) is 18.3. The van der Waals surface area contributed by atoms with Crippen LogP contribution in [0.4, 0.5) is 0 Å². The topological polar surface area (TPSA) is 121 Å². The quantitative estimate of drug-likeness (QED) is 0.324. The van der Waals surface area contributed by atoms with Crippen molar-refractivity contribution in [2.45, 2.75) is 36.3 Å². The van der Waals surface area contributed by atoms with Crippen molar-refractivity contribution in [1.82, 2.24) is 14.5 Å². The molecule has 1 N–H and O–H groups in total. The molecule has 9 nitrogen and oxygen atoms in total. The van der Waals surface area contributed by atoms with E-state index < -0.39 is 32.2 Å². The second-order valence-corrected chi connectivity index (χ2v) is 10.5. The fraction of sp³-hybridized carbons (Fsp3) is 0.250. The molecule has 38 heavy (non-hydrogen) atoms. The smallest absolute Gasteiger partial charge is 0.277 e. The van der Waals surface area contributed by atoms with E-state index >= 15 is 0 Å². The van der Waals surface area contributed by atoms with Crippen LogP contribution < -0.4 is 5.56 Å². The molecule has 0 saturated carbocycles. The molecule has 0 saturated heterocycles.